The second-order valence-electron chi connectivity index (χ2n) is 10.2. The SMILES string of the molecule is NOCc1ccc(-n2c3ccccc3c3c(-c4ccc(C(N)=O)nc4)cccc32)cc1N[C@H]1CC[C@H](O)CC1. The van der Waals surface area contributed by atoms with Gasteiger partial charge in [0.15, 0.2) is 0 Å². The zero-order valence-corrected chi connectivity index (χ0v) is 21.5. The van der Waals surface area contributed by atoms with E-state index in [4.69, 9.17) is 16.5 Å². The lowest BCUT2D eigenvalue weighted by Gasteiger charge is -2.28. The molecule has 5 aromatic rings. The molecule has 0 radical (unpaired) electrons. The van der Waals surface area contributed by atoms with E-state index in [-0.39, 0.29) is 17.8 Å². The molecule has 0 spiro atoms. The highest BCUT2D eigenvalue weighted by Gasteiger charge is 2.21. The van der Waals surface area contributed by atoms with Crippen LogP contribution >= 0.6 is 0 Å². The quantitative estimate of drug-likeness (QED) is 0.222. The molecule has 2 aromatic heterocycles. The maximum atomic E-state index is 11.6. The first-order valence-corrected chi connectivity index (χ1v) is 13.2. The highest BCUT2D eigenvalue weighted by atomic mass is 16.6. The van der Waals surface area contributed by atoms with Gasteiger partial charge in [0, 0.05) is 45.5 Å². The summed E-state index contributed by atoms with van der Waals surface area (Å²) in [4.78, 5) is 20.8. The van der Waals surface area contributed by atoms with Gasteiger partial charge in [-0.15, -0.1) is 0 Å². The van der Waals surface area contributed by atoms with Crippen LogP contribution in [0.5, 0.6) is 0 Å². The van der Waals surface area contributed by atoms with Crippen molar-refractivity contribution in [3.63, 3.8) is 0 Å². The second kappa shape index (κ2) is 10.5. The van der Waals surface area contributed by atoms with Crippen LogP contribution in [0.4, 0.5) is 5.69 Å². The van der Waals surface area contributed by atoms with Crippen LogP contribution in [0.2, 0.25) is 0 Å². The third kappa shape index (κ3) is 4.74. The number of pyridine rings is 1. The van der Waals surface area contributed by atoms with Crippen LogP contribution in [0, 0.1) is 0 Å². The number of nitrogens with one attached hydrogen (secondary N) is 1. The van der Waals surface area contributed by atoms with Gasteiger partial charge in [0.1, 0.15) is 5.69 Å². The van der Waals surface area contributed by atoms with Crippen LogP contribution in [0.25, 0.3) is 38.6 Å². The molecule has 1 aliphatic carbocycles. The zero-order valence-electron chi connectivity index (χ0n) is 21.5. The standard InChI is InChI=1S/C31H31N5O3/c32-31(38)26-15-9-19(17-34-26)24-5-3-7-29-30(24)25-4-1-2-6-28(25)36(29)22-12-8-20(18-39-33)27(16-22)35-21-10-13-23(37)14-11-21/h1-9,12,15-17,21,23,35,37H,10-11,13-14,18,33H2,(H2,32,38)/t21-,23-. The largest absolute Gasteiger partial charge is 0.393 e. The van der Waals surface area contributed by atoms with Crippen LogP contribution in [0.15, 0.2) is 79.0 Å². The van der Waals surface area contributed by atoms with E-state index in [1.165, 1.54) is 0 Å². The number of aromatic nitrogens is 2. The fourth-order valence-electron chi connectivity index (χ4n) is 5.73. The topological polar surface area (TPSA) is 128 Å². The summed E-state index contributed by atoms with van der Waals surface area (Å²) in [5.41, 5.74) is 12.7. The summed E-state index contributed by atoms with van der Waals surface area (Å²) in [7, 11) is 0. The molecule has 1 fully saturated rings. The molecule has 0 saturated heterocycles. The van der Waals surface area contributed by atoms with Crippen LogP contribution in [-0.2, 0) is 11.4 Å². The molecule has 1 aliphatic rings. The van der Waals surface area contributed by atoms with Crippen LogP contribution in [0.3, 0.4) is 0 Å². The molecule has 39 heavy (non-hydrogen) atoms. The van der Waals surface area contributed by atoms with E-state index in [1.54, 1.807) is 12.3 Å². The molecule has 0 aliphatic heterocycles. The Hall–Kier alpha value is -4.24. The number of fused-ring (bicyclic) bond motifs is 3. The van der Waals surface area contributed by atoms with Crippen molar-refractivity contribution in [3.05, 3.63) is 90.3 Å². The van der Waals surface area contributed by atoms with Gasteiger partial charge in [-0.25, -0.2) is 5.90 Å². The van der Waals surface area contributed by atoms with Gasteiger partial charge < -0.3 is 20.7 Å². The van der Waals surface area contributed by atoms with Crippen LogP contribution in [0.1, 0.15) is 41.7 Å². The van der Waals surface area contributed by atoms with E-state index in [1.807, 2.05) is 24.3 Å². The van der Waals surface area contributed by atoms with Gasteiger partial charge in [-0.2, -0.15) is 0 Å². The summed E-state index contributed by atoms with van der Waals surface area (Å²) in [6.45, 7) is 0.295. The van der Waals surface area contributed by atoms with E-state index in [2.05, 4.69) is 57.3 Å². The molecule has 6 N–H and O–H groups in total. The normalized spacial score (nSPS) is 17.5. The van der Waals surface area contributed by atoms with Gasteiger partial charge in [0.05, 0.1) is 23.7 Å². The van der Waals surface area contributed by atoms with E-state index in [9.17, 15) is 9.90 Å². The Balaban J connectivity index is 1.50. The van der Waals surface area contributed by atoms with E-state index < -0.39 is 5.91 Å². The Morgan fingerprint density at radius 2 is 1.79 bits per heavy atom. The molecule has 6 rings (SSSR count). The molecule has 3 aromatic carbocycles. The Bertz CT molecular complexity index is 1650. The number of nitrogens with two attached hydrogens (primary N) is 2. The molecule has 198 valence electrons. The highest BCUT2D eigenvalue weighted by Crippen LogP contribution is 2.39. The Kier molecular flexibility index (Phi) is 6.74. The smallest absolute Gasteiger partial charge is 0.267 e. The molecule has 0 bridgehead atoms. The lowest BCUT2D eigenvalue weighted by molar-refractivity contribution is 0.0995. The van der Waals surface area contributed by atoms with Gasteiger partial charge in [0.25, 0.3) is 5.91 Å². The molecule has 2 heterocycles. The molecule has 8 nitrogen and oxygen atoms in total. The predicted molar refractivity (Wildman–Crippen MR) is 153 cm³/mol. The highest BCUT2D eigenvalue weighted by molar-refractivity contribution is 6.15. The van der Waals surface area contributed by atoms with Gasteiger partial charge in [-0.1, -0.05) is 42.5 Å². The Morgan fingerprint density at radius 3 is 2.54 bits per heavy atom. The number of aliphatic hydroxyl groups is 1. The van der Waals surface area contributed by atoms with E-state index in [0.717, 1.165) is 75.6 Å². The number of para-hydroxylation sites is 1. The van der Waals surface area contributed by atoms with Crippen molar-refractivity contribution in [3.8, 4) is 16.8 Å². The number of amides is 1. The minimum absolute atomic E-state index is 0.213. The number of hydrogen-bond acceptors (Lipinski definition) is 6. The molecule has 8 heteroatoms. The van der Waals surface area contributed by atoms with Crippen molar-refractivity contribution >= 4 is 33.4 Å². The number of benzene rings is 3. The fraction of sp³-hybridized carbons (Fsp3) is 0.226. The van der Waals surface area contributed by atoms with Crippen molar-refractivity contribution in [1.82, 2.24) is 9.55 Å². The number of carbonyl (C=O) groups excluding carboxylic acids is 1. The maximum absolute atomic E-state index is 11.6. The van der Waals surface area contributed by atoms with Gasteiger partial charge in [-0.3, -0.25) is 14.6 Å². The van der Waals surface area contributed by atoms with E-state index in [0.29, 0.717) is 6.61 Å². The summed E-state index contributed by atoms with van der Waals surface area (Å²) < 4.78 is 2.27. The van der Waals surface area contributed by atoms with Gasteiger partial charge in [0.2, 0.25) is 0 Å². The number of rotatable bonds is 7. The molecule has 1 amide bonds. The van der Waals surface area contributed by atoms with Crippen LogP contribution in [-0.4, -0.2) is 32.7 Å². The monoisotopic (exact) mass is 521 g/mol. The third-order valence-electron chi connectivity index (χ3n) is 7.67. The summed E-state index contributed by atoms with van der Waals surface area (Å²) in [6.07, 6.45) is 4.91. The molecule has 1 saturated carbocycles. The average molecular weight is 522 g/mol. The molecule has 0 unspecified atom stereocenters. The van der Waals surface area contributed by atoms with E-state index >= 15 is 0 Å². The first-order valence-electron chi connectivity index (χ1n) is 13.2. The lowest BCUT2D eigenvalue weighted by Crippen LogP contribution is -2.28. The lowest BCUT2D eigenvalue weighted by atomic mass is 9.92. The van der Waals surface area contributed by atoms with Gasteiger partial charge >= 0.3 is 0 Å². The Morgan fingerprint density at radius 1 is 1.00 bits per heavy atom. The minimum Gasteiger partial charge on any atom is -0.393 e. The molecular weight excluding hydrogens is 490 g/mol. The van der Waals surface area contributed by atoms with Crippen molar-refractivity contribution in [2.24, 2.45) is 11.6 Å². The summed E-state index contributed by atoms with van der Waals surface area (Å²) in [5, 5.41) is 15.9. The van der Waals surface area contributed by atoms with Crippen molar-refractivity contribution in [2.45, 2.75) is 44.4 Å². The van der Waals surface area contributed by atoms with Crippen LogP contribution < -0.4 is 16.9 Å². The van der Waals surface area contributed by atoms with Crippen molar-refractivity contribution in [1.29, 1.82) is 0 Å². The number of aliphatic hydroxyl groups excluding tert-OH is 1. The third-order valence-corrected chi connectivity index (χ3v) is 7.67. The fourth-order valence-corrected chi connectivity index (χ4v) is 5.73. The number of primary amides is 1. The molecular formula is C31H31N5O3. The van der Waals surface area contributed by atoms with Crippen molar-refractivity contribution in [2.75, 3.05) is 5.32 Å². The summed E-state index contributed by atoms with van der Waals surface area (Å²) in [6, 6.07) is 24.7. The number of hydrogen-bond donors (Lipinski definition) is 4. The second-order valence-corrected chi connectivity index (χ2v) is 10.2. The Labute approximate surface area is 226 Å². The number of anilines is 1. The number of nitrogens with zero attached hydrogens (tertiary/aromatic N) is 2. The van der Waals surface area contributed by atoms with Gasteiger partial charge in [-0.05, 0) is 61.6 Å². The first kappa shape index (κ1) is 25.1. The summed E-state index contributed by atoms with van der Waals surface area (Å²) >= 11 is 0. The number of carbonyl (C=O) groups is 1. The zero-order chi connectivity index (χ0) is 26.9. The minimum atomic E-state index is -0.548. The first-order chi connectivity index (χ1) is 19.0. The predicted octanol–water partition coefficient (Wildman–Crippen LogP) is 5.05. The molecule has 0 atom stereocenters. The summed E-state index contributed by atoms with van der Waals surface area (Å²) in [5.74, 6) is 4.92. The van der Waals surface area contributed by atoms with Crippen molar-refractivity contribution < 1.29 is 14.7 Å². The average Bonchev–Trinajstić information content (AvgIpc) is 3.30. The maximum Gasteiger partial charge on any atom is 0.267 e.